The van der Waals surface area contributed by atoms with E-state index in [1.54, 1.807) is 0 Å². The van der Waals surface area contributed by atoms with E-state index in [4.69, 9.17) is 5.11 Å². The van der Waals surface area contributed by atoms with Crippen molar-refractivity contribution in [1.82, 2.24) is 4.98 Å². The fourth-order valence-electron chi connectivity index (χ4n) is 0.641. The fraction of sp³-hybridized carbons (Fsp3) is 0. The molecule has 1 aromatic rings. The summed E-state index contributed by atoms with van der Waals surface area (Å²) in [4.78, 5) is 22.2. The number of aromatic carboxylic acids is 1. The van der Waals surface area contributed by atoms with Crippen molar-refractivity contribution in [1.29, 1.82) is 0 Å². The molecule has 0 saturated heterocycles. The maximum atomic E-state index is 12.3. The highest BCUT2D eigenvalue weighted by molar-refractivity contribution is 5.86. The van der Waals surface area contributed by atoms with E-state index in [1.807, 2.05) is 0 Å². The zero-order valence-corrected chi connectivity index (χ0v) is 5.60. The van der Waals surface area contributed by atoms with Crippen molar-refractivity contribution in [3.05, 3.63) is 33.7 Å². The Kier molecular flexibility index (Phi) is 1.90. The number of H-pyrrole nitrogens is 1. The lowest BCUT2D eigenvalue weighted by molar-refractivity contribution is 0.0694. The number of nitrogens with one attached hydrogen (secondary N) is 1. The van der Waals surface area contributed by atoms with E-state index in [9.17, 15) is 18.4 Å². The van der Waals surface area contributed by atoms with Crippen LogP contribution in [0.25, 0.3) is 0 Å². The maximum Gasteiger partial charge on any atom is 0.341 e. The molecule has 0 atom stereocenters. The minimum absolute atomic E-state index is 0.330. The van der Waals surface area contributed by atoms with Gasteiger partial charge in [0.1, 0.15) is 5.56 Å². The highest BCUT2D eigenvalue weighted by Crippen LogP contribution is 2.00. The Morgan fingerprint density at radius 1 is 1.50 bits per heavy atom. The highest BCUT2D eigenvalue weighted by Gasteiger charge is 2.12. The van der Waals surface area contributed by atoms with Gasteiger partial charge in [0, 0.05) is 0 Å². The minimum Gasteiger partial charge on any atom is -0.477 e. The van der Waals surface area contributed by atoms with E-state index in [0.717, 1.165) is 0 Å². The molecule has 1 heterocycles. The molecule has 0 aliphatic heterocycles. The van der Waals surface area contributed by atoms with Gasteiger partial charge in [0.2, 0.25) is 5.95 Å². The average Bonchev–Trinajstić information content (AvgIpc) is 1.96. The Hall–Kier alpha value is -1.72. The van der Waals surface area contributed by atoms with Gasteiger partial charge in [0.15, 0.2) is 5.82 Å². The molecule has 0 amide bonds. The third-order valence-electron chi connectivity index (χ3n) is 1.18. The summed E-state index contributed by atoms with van der Waals surface area (Å²) in [7, 11) is 0. The van der Waals surface area contributed by atoms with Gasteiger partial charge in [0.05, 0.1) is 0 Å². The van der Waals surface area contributed by atoms with Gasteiger partial charge >= 0.3 is 5.97 Å². The first kappa shape index (κ1) is 8.38. The summed E-state index contributed by atoms with van der Waals surface area (Å²) in [6.45, 7) is 0. The second kappa shape index (κ2) is 2.72. The lowest BCUT2D eigenvalue weighted by Gasteiger charge is -1.94. The minimum atomic E-state index is -1.60. The Bertz CT molecular complexity index is 385. The molecule has 0 aliphatic carbocycles. The molecule has 0 aromatic carbocycles. The molecule has 0 radical (unpaired) electrons. The van der Waals surface area contributed by atoms with Crippen molar-refractivity contribution >= 4 is 5.97 Å². The molecule has 0 unspecified atom stereocenters. The summed E-state index contributed by atoms with van der Waals surface area (Å²) in [6.07, 6.45) is 0. The third-order valence-corrected chi connectivity index (χ3v) is 1.18. The van der Waals surface area contributed by atoms with Gasteiger partial charge < -0.3 is 5.11 Å². The van der Waals surface area contributed by atoms with Gasteiger partial charge in [-0.2, -0.15) is 4.39 Å². The molecule has 1 aromatic heterocycles. The molecular weight excluding hydrogens is 172 g/mol. The molecule has 0 bridgehead atoms. The summed E-state index contributed by atoms with van der Waals surface area (Å²) in [5, 5.41) is 8.27. The maximum absolute atomic E-state index is 12.3. The lowest BCUT2D eigenvalue weighted by atomic mass is 10.3. The predicted octanol–water partition coefficient (Wildman–Crippen LogP) is 0.351. The van der Waals surface area contributed by atoms with Crippen LogP contribution in [0, 0.1) is 11.8 Å². The first-order chi connectivity index (χ1) is 5.52. The Labute approximate surface area is 64.5 Å². The number of rotatable bonds is 1. The van der Waals surface area contributed by atoms with E-state index < -0.39 is 28.9 Å². The third kappa shape index (κ3) is 1.31. The monoisotopic (exact) mass is 175 g/mol. The largest absolute Gasteiger partial charge is 0.477 e. The number of carboxylic acids is 1. The van der Waals surface area contributed by atoms with Crippen LogP contribution in [0.4, 0.5) is 8.78 Å². The molecule has 64 valence electrons. The summed E-state index contributed by atoms with van der Waals surface area (Å²) in [5.41, 5.74) is -1.99. The zero-order valence-electron chi connectivity index (χ0n) is 5.60. The van der Waals surface area contributed by atoms with Crippen molar-refractivity contribution in [3.63, 3.8) is 0 Å². The van der Waals surface area contributed by atoms with Gasteiger partial charge in [-0.25, -0.2) is 9.18 Å². The van der Waals surface area contributed by atoms with E-state index in [-0.39, 0.29) is 0 Å². The van der Waals surface area contributed by atoms with Crippen LogP contribution >= 0.6 is 0 Å². The van der Waals surface area contributed by atoms with Gasteiger partial charge in [-0.1, -0.05) is 0 Å². The van der Waals surface area contributed by atoms with Crippen molar-refractivity contribution in [3.8, 4) is 0 Å². The summed E-state index contributed by atoms with van der Waals surface area (Å²) >= 11 is 0. The number of carboxylic acid groups (broad SMARTS) is 1. The summed E-state index contributed by atoms with van der Waals surface area (Å²) in [5.74, 6) is -4.47. The summed E-state index contributed by atoms with van der Waals surface area (Å²) < 4.78 is 24.5. The van der Waals surface area contributed by atoms with E-state index in [0.29, 0.717) is 6.07 Å². The first-order valence-electron chi connectivity index (χ1n) is 2.84. The zero-order chi connectivity index (χ0) is 9.30. The van der Waals surface area contributed by atoms with Crippen LogP contribution in [0.2, 0.25) is 0 Å². The lowest BCUT2D eigenvalue weighted by Crippen LogP contribution is -2.19. The SMILES string of the molecule is O=C(O)c1cc(F)c(F)[nH]c1=O. The average molecular weight is 175 g/mol. The fourth-order valence-corrected chi connectivity index (χ4v) is 0.641. The van der Waals surface area contributed by atoms with E-state index >= 15 is 0 Å². The number of aromatic nitrogens is 1. The quantitative estimate of drug-likeness (QED) is 0.605. The molecule has 0 fully saturated rings. The van der Waals surface area contributed by atoms with E-state index in [2.05, 4.69) is 0 Å². The number of pyridine rings is 1. The van der Waals surface area contributed by atoms with Crippen LogP contribution in [-0.4, -0.2) is 16.1 Å². The van der Waals surface area contributed by atoms with Crippen molar-refractivity contribution in [2.24, 2.45) is 0 Å². The van der Waals surface area contributed by atoms with Crippen LogP contribution in [0.3, 0.4) is 0 Å². The Balaban J connectivity index is 3.43. The van der Waals surface area contributed by atoms with Crippen LogP contribution in [0.15, 0.2) is 10.9 Å². The van der Waals surface area contributed by atoms with Crippen molar-refractivity contribution in [2.45, 2.75) is 0 Å². The second-order valence-electron chi connectivity index (χ2n) is 1.98. The Morgan fingerprint density at radius 2 is 2.08 bits per heavy atom. The van der Waals surface area contributed by atoms with Crippen LogP contribution in [-0.2, 0) is 0 Å². The van der Waals surface area contributed by atoms with Crippen LogP contribution in [0.5, 0.6) is 0 Å². The molecule has 1 rings (SSSR count). The van der Waals surface area contributed by atoms with Gasteiger partial charge in [-0.05, 0) is 6.07 Å². The summed E-state index contributed by atoms with van der Waals surface area (Å²) in [6, 6.07) is 0.330. The predicted molar refractivity (Wildman–Crippen MR) is 33.9 cm³/mol. The topological polar surface area (TPSA) is 70.2 Å². The number of aromatic amines is 1. The van der Waals surface area contributed by atoms with Crippen LogP contribution in [0.1, 0.15) is 10.4 Å². The highest BCUT2D eigenvalue weighted by atomic mass is 19.2. The van der Waals surface area contributed by atoms with Gasteiger partial charge in [0.25, 0.3) is 5.56 Å². The van der Waals surface area contributed by atoms with Crippen molar-refractivity contribution < 1.29 is 18.7 Å². The van der Waals surface area contributed by atoms with Crippen LogP contribution < -0.4 is 5.56 Å². The number of hydrogen-bond donors (Lipinski definition) is 2. The second-order valence-corrected chi connectivity index (χ2v) is 1.98. The molecule has 0 aliphatic rings. The van der Waals surface area contributed by atoms with E-state index in [1.165, 1.54) is 4.98 Å². The molecule has 12 heavy (non-hydrogen) atoms. The molecule has 0 saturated carbocycles. The molecule has 0 spiro atoms. The molecule has 6 heteroatoms. The first-order valence-corrected chi connectivity index (χ1v) is 2.84. The van der Waals surface area contributed by atoms with Gasteiger partial charge in [-0.3, -0.25) is 9.78 Å². The molecular formula is C6H3F2NO3. The van der Waals surface area contributed by atoms with Gasteiger partial charge in [-0.15, -0.1) is 0 Å². The molecule has 4 nitrogen and oxygen atoms in total. The normalized spacial score (nSPS) is 9.83. The standard InChI is InChI=1S/C6H3F2NO3/c7-3-1-2(6(11)12)5(10)9-4(3)8/h1H,(H,9,10)(H,11,12). The molecule has 2 N–H and O–H groups in total. The number of carbonyl (C=O) groups is 1. The smallest absolute Gasteiger partial charge is 0.341 e. The number of halogens is 2. The Morgan fingerprint density at radius 3 is 2.58 bits per heavy atom. The number of hydrogen-bond acceptors (Lipinski definition) is 2. The van der Waals surface area contributed by atoms with Crippen molar-refractivity contribution in [2.75, 3.05) is 0 Å².